The van der Waals surface area contributed by atoms with Crippen molar-refractivity contribution in [3.8, 4) is 0 Å². The van der Waals surface area contributed by atoms with Crippen LogP contribution in [0.3, 0.4) is 0 Å². The van der Waals surface area contributed by atoms with Crippen LogP contribution in [0.2, 0.25) is 0 Å². The van der Waals surface area contributed by atoms with Gasteiger partial charge in [0.2, 0.25) is 0 Å². The molecule has 58 valence electrons. The molecule has 2 nitrogen and oxygen atoms in total. The van der Waals surface area contributed by atoms with Crippen LogP contribution in [0.15, 0.2) is 28.4 Å². The molecule has 0 saturated heterocycles. The Hall–Kier alpha value is -0.256. The van der Waals surface area contributed by atoms with Gasteiger partial charge in [-0.15, -0.1) is 0 Å². The van der Waals surface area contributed by atoms with Gasteiger partial charge in [-0.05, 0) is 0 Å². The standard InChI is InChI=1S/C8H7BO2.Sn/c1-7(9(10)11)8-5-3-2-4-6-8;/h1-5,10-11H;. The summed E-state index contributed by atoms with van der Waals surface area (Å²) in [5.74, 6) is 0. The maximum atomic E-state index is 9.01. The Morgan fingerprint density at radius 1 is 1.17 bits per heavy atom. The monoisotopic (exact) mass is 266 g/mol. The molecule has 0 aliphatic carbocycles. The van der Waals surface area contributed by atoms with Gasteiger partial charge < -0.3 is 0 Å². The second-order valence-corrected chi connectivity index (χ2v) is 5.85. The molecular weight excluding hydrogens is 258 g/mol. The van der Waals surface area contributed by atoms with E-state index < -0.39 is 28.3 Å². The first kappa shape index (κ1) is 8.35. The SMILES string of the molecule is OB(O)C1=[CH][Sn][c]2ccccc21. The fourth-order valence-electron chi connectivity index (χ4n) is 1.31. The molecule has 1 aliphatic heterocycles. The van der Waals surface area contributed by atoms with Crippen molar-refractivity contribution in [2.75, 3.05) is 0 Å². The minimum absolute atomic E-state index is 0.647. The molecule has 4 heteroatoms. The summed E-state index contributed by atoms with van der Waals surface area (Å²) in [4.78, 5) is 0. The van der Waals surface area contributed by atoms with Crippen LogP contribution in [-0.2, 0) is 0 Å². The van der Waals surface area contributed by atoms with E-state index in [0.717, 1.165) is 5.56 Å². The van der Waals surface area contributed by atoms with Gasteiger partial charge in [0.1, 0.15) is 0 Å². The van der Waals surface area contributed by atoms with Crippen molar-refractivity contribution in [3.05, 3.63) is 33.9 Å². The minimum atomic E-state index is -1.30. The van der Waals surface area contributed by atoms with Gasteiger partial charge in [0.05, 0.1) is 0 Å². The predicted octanol–water partition coefficient (Wildman–Crippen LogP) is -0.617. The second kappa shape index (κ2) is 3.24. The van der Waals surface area contributed by atoms with Crippen LogP contribution in [0, 0.1) is 0 Å². The topological polar surface area (TPSA) is 40.5 Å². The van der Waals surface area contributed by atoms with Crippen LogP contribution in [-0.4, -0.2) is 38.3 Å². The number of benzene rings is 1. The zero-order valence-electron chi connectivity index (χ0n) is 6.36. The van der Waals surface area contributed by atoms with Gasteiger partial charge in [0, 0.05) is 0 Å². The Labute approximate surface area is 81.3 Å². The number of hydrogen-bond donors (Lipinski definition) is 2. The molecule has 12 heavy (non-hydrogen) atoms. The average Bonchev–Trinajstić information content (AvgIpc) is 2.47. The summed E-state index contributed by atoms with van der Waals surface area (Å²) >= 11 is -0.647. The van der Waals surface area contributed by atoms with E-state index in [9.17, 15) is 0 Å². The second-order valence-electron chi connectivity index (χ2n) is 2.66. The van der Waals surface area contributed by atoms with E-state index in [-0.39, 0.29) is 0 Å². The molecule has 2 N–H and O–H groups in total. The summed E-state index contributed by atoms with van der Waals surface area (Å²) < 4.78 is 3.36. The van der Waals surface area contributed by atoms with Crippen LogP contribution < -0.4 is 3.58 Å². The fraction of sp³-hybridized carbons (Fsp3) is 0. The molecule has 0 unspecified atom stereocenters. The Bertz CT molecular complexity index is 336. The average molecular weight is 265 g/mol. The molecule has 0 amide bonds. The van der Waals surface area contributed by atoms with E-state index in [1.54, 1.807) is 0 Å². The Balaban J connectivity index is 2.45. The van der Waals surface area contributed by atoms with Crippen LogP contribution in [0.5, 0.6) is 0 Å². The van der Waals surface area contributed by atoms with Gasteiger partial charge in [-0.2, -0.15) is 0 Å². The molecule has 0 bridgehead atoms. The molecule has 0 spiro atoms. The summed E-state index contributed by atoms with van der Waals surface area (Å²) in [5.41, 5.74) is 1.75. The van der Waals surface area contributed by atoms with Gasteiger partial charge in [0.25, 0.3) is 0 Å². The summed E-state index contributed by atoms with van der Waals surface area (Å²) in [6.07, 6.45) is 0. The van der Waals surface area contributed by atoms with Gasteiger partial charge in [0.15, 0.2) is 0 Å². The quantitative estimate of drug-likeness (QED) is 0.664. The number of rotatable bonds is 1. The maximum absolute atomic E-state index is 9.01. The molecule has 2 radical (unpaired) electrons. The van der Waals surface area contributed by atoms with Crippen molar-refractivity contribution >= 4 is 37.3 Å². The summed E-state index contributed by atoms with van der Waals surface area (Å²) in [6, 6.07) is 7.96. The van der Waals surface area contributed by atoms with E-state index in [1.807, 2.05) is 22.3 Å². The van der Waals surface area contributed by atoms with E-state index in [1.165, 1.54) is 3.58 Å². The third kappa shape index (κ3) is 1.32. The van der Waals surface area contributed by atoms with E-state index in [4.69, 9.17) is 10.0 Å². The zero-order chi connectivity index (χ0) is 8.55. The molecule has 2 rings (SSSR count). The molecular formula is C8H7BO2Sn. The predicted molar refractivity (Wildman–Crippen MR) is 50.0 cm³/mol. The van der Waals surface area contributed by atoms with Crippen molar-refractivity contribution in [3.63, 3.8) is 0 Å². The Morgan fingerprint density at radius 2 is 1.92 bits per heavy atom. The van der Waals surface area contributed by atoms with Gasteiger partial charge in [-0.25, -0.2) is 0 Å². The molecule has 0 atom stereocenters. The Kier molecular flexibility index (Phi) is 2.25. The number of hydrogen-bond acceptors (Lipinski definition) is 2. The van der Waals surface area contributed by atoms with Crippen molar-refractivity contribution in [2.45, 2.75) is 0 Å². The zero-order valence-corrected chi connectivity index (χ0v) is 9.21. The van der Waals surface area contributed by atoms with Crippen molar-refractivity contribution < 1.29 is 10.0 Å². The Morgan fingerprint density at radius 3 is 2.67 bits per heavy atom. The third-order valence-corrected chi connectivity index (χ3v) is 5.33. The third-order valence-electron chi connectivity index (χ3n) is 1.90. The van der Waals surface area contributed by atoms with Crippen molar-refractivity contribution in [1.29, 1.82) is 0 Å². The van der Waals surface area contributed by atoms with E-state index in [2.05, 4.69) is 6.07 Å². The molecule has 0 saturated carbocycles. The van der Waals surface area contributed by atoms with Gasteiger partial charge >= 0.3 is 81.3 Å². The fourth-order valence-corrected chi connectivity index (χ4v) is 4.71. The molecule has 0 aromatic heterocycles. The molecule has 1 aromatic carbocycles. The summed E-state index contributed by atoms with van der Waals surface area (Å²) in [5, 5.41) is 18.0. The van der Waals surface area contributed by atoms with Crippen LogP contribution in [0.1, 0.15) is 5.56 Å². The molecule has 1 heterocycles. The van der Waals surface area contributed by atoms with Gasteiger partial charge in [-0.3, -0.25) is 0 Å². The first-order valence-corrected chi connectivity index (χ1v) is 6.78. The summed E-state index contributed by atoms with van der Waals surface area (Å²) in [7, 11) is -1.30. The molecule has 0 fully saturated rings. The van der Waals surface area contributed by atoms with Crippen molar-refractivity contribution in [1.82, 2.24) is 0 Å². The number of fused-ring (bicyclic) bond motifs is 1. The first-order chi connectivity index (χ1) is 5.79. The van der Waals surface area contributed by atoms with E-state index >= 15 is 0 Å². The van der Waals surface area contributed by atoms with Crippen LogP contribution in [0.4, 0.5) is 0 Å². The van der Waals surface area contributed by atoms with Crippen LogP contribution >= 0.6 is 0 Å². The van der Waals surface area contributed by atoms with Crippen molar-refractivity contribution in [2.24, 2.45) is 0 Å². The van der Waals surface area contributed by atoms with E-state index in [0.29, 0.717) is 5.47 Å². The van der Waals surface area contributed by atoms with Gasteiger partial charge in [-0.1, -0.05) is 0 Å². The molecule has 1 aromatic rings. The normalized spacial score (nSPS) is 14.0. The summed E-state index contributed by atoms with van der Waals surface area (Å²) in [6.45, 7) is 0. The van der Waals surface area contributed by atoms with Crippen LogP contribution in [0.25, 0.3) is 5.47 Å². The molecule has 1 aliphatic rings. The first-order valence-electron chi connectivity index (χ1n) is 3.71.